The Bertz CT molecular complexity index is 204. The van der Waals surface area contributed by atoms with Gasteiger partial charge < -0.3 is 5.32 Å². The van der Waals surface area contributed by atoms with Gasteiger partial charge in [0.05, 0.1) is 0 Å². The van der Waals surface area contributed by atoms with Crippen LogP contribution in [0.2, 0.25) is 0 Å². The van der Waals surface area contributed by atoms with Gasteiger partial charge in [0, 0.05) is 12.5 Å². The summed E-state index contributed by atoms with van der Waals surface area (Å²) in [6.07, 6.45) is 12.7. The van der Waals surface area contributed by atoms with Gasteiger partial charge in [-0.2, -0.15) is 0 Å². The predicted molar refractivity (Wildman–Crippen MR) is 66.7 cm³/mol. The Morgan fingerprint density at radius 2 is 2.07 bits per heavy atom. The highest BCUT2D eigenvalue weighted by Crippen LogP contribution is 2.29. The smallest absolute Gasteiger partial charge is 0.00952 e. The van der Waals surface area contributed by atoms with Crippen molar-refractivity contribution in [2.45, 2.75) is 58.4 Å². The van der Waals surface area contributed by atoms with Crippen LogP contribution in [0, 0.1) is 24.2 Å². The molecule has 1 heteroatoms. The molecule has 0 amide bonds. The average molecular weight is 207 g/mol. The molecule has 15 heavy (non-hydrogen) atoms. The standard InChI is InChI=1S/C14H25N/c1-4-5-6-7-11-15-14-10-8-9-12(2)13(14)3/h1,12-15H,5-11H2,2-3H3. The Balaban J connectivity index is 2.12. The molecule has 0 aromatic carbocycles. The van der Waals surface area contributed by atoms with Crippen molar-refractivity contribution in [3.8, 4) is 12.3 Å². The van der Waals surface area contributed by atoms with E-state index in [2.05, 4.69) is 25.1 Å². The third-order valence-corrected chi connectivity index (χ3v) is 3.86. The minimum Gasteiger partial charge on any atom is -0.314 e. The number of terminal acetylenes is 1. The molecule has 0 spiro atoms. The lowest BCUT2D eigenvalue weighted by molar-refractivity contribution is 0.207. The van der Waals surface area contributed by atoms with Crippen molar-refractivity contribution in [1.29, 1.82) is 0 Å². The first-order valence-corrected chi connectivity index (χ1v) is 6.42. The molecule has 0 aromatic heterocycles. The Morgan fingerprint density at radius 1 is 1.27 bits per heavy atom. The molecule has 0 radical (unpaired) electrons. The highest BCUT2D eigenvalue weighted by molar-refractivity contribution is 4.84. The Morgan fingerprint density at radius 3 is 2.80 bits per heavy atom. The predicted octanol–water partition coefficient (Wildman–Crippen LogP) is 3.20. The molecule has 1 aliphatic rings. The van der Waals surface area contributed by atoms with Crippen molar-refractivity contribution < 1.29 is 0 Å². The fourth-order valence-corrected chi connectivity index (χ4v) is 2.51. The zero-order chi connectivity index (χ0) is 11.1. The van der Waals surface area contributed by atoms with Crippen LogP contribution in [0.15, 0.2) is 0 Å². The molecule has 0 saturated heterocycles. The third kappa shape index (κ3) is 4.26. The van der Waals surface area contributed by atoms with E-state index in [1.807, 2.05) is 0 Å². The maximum Gasteiger partial charge on any atom is 0.00952 e. The fraction of sp³-hybridized carbons (Fsp3) is 0.857. The van der Waals surface area contributed by atoms with Gasteiger partial charge in [-0.15, -0.1) is 12.3 Å². The minimum atomic E-state index is 0.750. The van der Waals surface area contributed by atoms with Crippen molar-refractivity contribution >= 4 is 0 Å². The lowest BCUT2D eigenvalue weighted by Gasteiger charge is -2.34. The van der Waals surface area contributed by atoms with Crippen LogP contribution in [0.4, 0.5) is 0 Å². The van der Waals surface area contributed by atoms with E-state index in [1.165, 1.54) is 32.1 Å². The van der Waals surface area contributed by atoms with Crippen LogP contribution < -0.4 is 5.32 Å². The van der Waals surface area contributed by atoms with Gasteiger partial charge in [-0.3, -0.25) is 0 Å². The van der Waals surface area contributed by atoms with Crippen molar-refractivity contribution in [2.75, 3.05) is 6.54 Å². The lowest BCUT2D eigenvalue weighted by Crippen LogP contribution is -2.40. The summed E-state index contributed by atoms with van der Waals surface area (Å²) < 4.78 is 0. The topological polar surface area (TPSA) is 12.0 Å². The van der Waals surface area contributed by atoms with E-state index < -0.39 is 0 Å². The van der Waals surface area contributed by atoms with Crippen molar-refractivity contribution in [2.24, 2.45) is 11.8 Å². The molecule has 1 saturated carbocycles. The maximum absolute atomic E-state index is 5.22. The first-order chi connectivity index (χ1) is 7.25. The molecule has 3 unspecified atom stereocenters. The van der Waals surface area contributed by atoms with Crippen LogP contribution >= 0.6 is 0 Å². The maximum atomic E-state index is 5.22. The molecule has 86 valence electrons. The summed E-state index contributed by atoms with van der Waals surface area (Å²) in [5, 5.41) is 3.69. The Hall–Kier alpha value is -0.480. The van der Waals surface area contributed by atoms with Gasteiger partial charge in [-0.25, -0.2) is 0 Å². The SMILES string of the molecule is C#CCCCCNC1CCCC(C)C1C. The number of rotatable bonds is 5. The summed E-state index contributed by atoms with van der Waals surface area (Å²) in [4.78, 5) is 0. The average Bonchev–Trinajstić information content (AvgIpc) is 2.24. The highest BCUT2D eigenvalue weighted by Gasteiger charge is 2.25. The molecule has 0 bridgehead atoms. The van der Waals surface area contributed by atoms with Crippen molar-refractivity contribution in [3.63, 3.8) is 0 Å². The molecule has 1 N–H and O–H groups in total. The van der Waals surface area contributed by atoms with E-state index >= 15 is 0 Å². The van der Waals surface area contributed by atoms with Crippen LogP contribution in [0.3, 0.4) is 0 Å². The number of hydrogen-bond acceptors (Lipinski definition) is 1. The van der Waals surface area contributed by atoms with Gasteiger partial charge in [0.1, 0.15) is 0 Å². The quantitative estimate of drug-likeness (QED) is 0.539. The van der Waals surface area contributed by atoms with E-state index in [0.29, 0.717) is 0 Å². The largest absolute Gasteiger partial charge is 0.314 e. The lowest BCUT2D eigenvalue weighted by atomic mass is 9.78. The number of nitrogens with one attached hydrogen (secondary N) is 1. The van der Waals surface area contributed by atoms with E-state index in [0.717, 1.165) is 30.8 Å². The van der Waals surface area contributed by atoms with Gasteiger partial charge in [-0.1, -0.05) is 26.7 Å². The minimum absolute atomic E-state index is 0.750. The molecule has 0 aromatic rings. The summed E-state index contributed by atoms with van der Waals surface area (Å²) in [7, 11) is 0. The molecule has 1 fully saturated rings. The zero-order valence-corrected chi connectivity index (χ0v) is 10.3. The first-order valence-electron chi connectivity index (χ1n) is 6.42. The highest BCUT2D eigenvalue weighted by atomic mass is 14.9. The molecule has 3 atom stereocenters. The third-order valence-electron chi connectivity index (χ3n) is 3.86. The summed E-state index contributed by atoms with van der Waals surface area (Å²) >= 11 is 0. The Labute approximate surface area is 95.0 Å². The second-order valence-electron chi connectivity index (χ2n) is 4.99. The Kier molecular flexibility index (Phi) is 5.79. The number of hydrogen-bond donors (Lipinski definition) is 1. The van der Waals surface area contributed by atoms with Crippen LogP contribution in [-0.2, 0) is 0 Å². The molecule has 1 nitrogen and oxygen atoms in total. The van der Waals surface area contributed by atoms with Crippen molar-refractivity contribution in [1.82, 2.24) is 5.32 Å². The molecule has 1 aliphatic carbocycles. The summed E-state index contributed by atoms with van der Waals surface area (Å²) in [6, 6.07) is 0.750. The van der Waals surface area contributed by atoms with E-state index in [9.17, 15) is 0 Å². The van der Waals surface area contributed by atoms with Crippen LogP contribution in [0.1, 0.15) is 52.4 Å². The molecule has 0 heterocycles. The summed E-state index contributed by atoms with van der Waals surface area (Å²) in [5.41, 5.74) is 0. The number of unbranched alkanes of at least 4 members (excludes halogenated alkanes) is 2. The summed E-state index contributed by atoms with van der Waals surface area (Å²) in [5.74, 6) is 4.42. The van der Waals surface area contributed by atoms with Crippen LogP contribution in [0.25, 0.3) is 0 Å². The molecular formula is C14H25N. The molecule has 1 rings (SSSR count). The van der Waals surface area contributed by atoms with Gasteiger partial charge in [0.2, 0.25) is 0 Å². The van der Waals surface area contributed by atoms with Gasteiger partial charge in [0.25, 0.3) is 0 Å². The monoisotopic (exact) mass is 207 g/mol. The second-order valence-corrected chi connectivity index (χ2v) is 4.99. The zero-order valence-electron chi connectivity index (χ0n) is 10.3. The van der Waals surface area contributed by atoms with E-state index in [4.69, 9.17) is 6.42 Å². The molecule has 0 aliphatic heterocycles. The second kappa shape index (κ2) is 6.90. The van der Waals surface area contributed by atoms with Gasteiger partial charge in [0.15, 0.2) is 0 Å². The normalized spacial score (nSPS) is 31.1. The van der Waals surface area contributed by atoms with Crippen LogP contribution in [0.5, 0.6) is 0 Å². The summed E-state index contributed by atoms with van der Waals surface area (Å²) in [6.45, 7) is 5.92. The van der Waals surface area contributed by atoms with Crippen molar-refractivity contribution in [3.05, 3.63) is 0 Å². The van der Waals surface area contributed by atoms with Gasteiger partial charge in [-0.05, 0) is 37.6 Å². The van der Waals surface area contributed by atoms with Gasteiger partial charge >= 0.3 is 0 Å². The van der Waals surface area contributed by atoms with E-state index in [-0.39, 0.29) is 0 Å². The first kappa shape index (κ1) is 12.6. The van der Waals surface area contributed by atoms with Crippen LogP contribution in [-0.4, -0.2) is 12.6 Å². The van der Waals surface area contributed by atoms with E-state index in [1.54, 1.807) is 0 Å². The fourth-order valence-electron chi connectivity index (χ4n) is 2.51. The molecular weight excluding hydrogens is 182 g/mol.